The van der Waals surface area contributed by atoms with Crippen LogP contribution < -0.4 is 0 Å². The van der Waals surface area contributed by atoms with E-state index in [9.17, 15) is 4.79 Å². The Labute approximate surface area is 100 Å². The van der Waals surface area contributed by atoms with Crippen molar-refractivity contribution in [1.82, 2.24) is 0 Å². The second-order valence-electron chi connectivity index (χ2n) is 4.68. The van der Waals surface area contributed by atoms with Crippen molar-refractivity contribution in [2.24, 2.45) is 5.92 Å². The molecule has 0 radical (unpaired) electrons. The average Bonchev–Trinajstić information content (AvgIpc) is 2.15. The number of fused-ring (bicyclic) bond motifs is 1. The second kappa shape index (κ2) is 4.46. The van der Waals surface area contributed by atoms with Crippen LogP contribution in [0.5, 0.6) is 0 Å². The number of benzene rings is 1. The van der Waals surface area contributed by atoms with Crippen molar-refractivity contribution in [2.45, 2.75) is 32.1 Å². The Balaban J connectivity index is 2.34. The zero-order valence-corrected chi connectivity index (χ0v) is 10.00. The fraction of sp³-hybridized carbons (Fsp3) is 0.462. The van der Waals surface area contributed by atoms with Gasteiger partial charge in [-0.3, -0.25) is 4.79 Å². The summed E-state index contributed by atoms with van der Waals surface area (Å²) in [6, 6.07) is 5.81. The molecule has 86 valence electrons. The largest absolute Gasteiger partial charge is 0.481 e. The van der Waals surface area contributed by atoms with Gasteiger partial charge in [0, 0.05) is 5.02 Å². The SMILES string of the molecule is CC1Cc2cc(Cl)ccc2C(CC(=O)O)C1. The van der Waals surface area contributed by atoms with E-state index in [2.05, 4.69) is 6.92 Å². The van der Waals surface area contributed by atoms with Crippen molar-refractivity contribution >= 4 is 17.6 Å². The van der Waals surface area contributed by atoms with Gasteiger partial charge in [0.25, 0.3) is 0 Å². The van der Waals surface area contributed by atoms with Gasteiger partial charge in [-0.2, -0.15) is 0 Å². The summed E-state index contributed by atoms with van der Waals surface area (Å²) in [6.45, 7) is 2.17. The molecule has 0 fully saturated rings. The van der Waals surface area contributed by atoms with Crippen LogP contribution in [0.1, 0.15) is 36.8 Å². The number of hydrogen-bond donors (Lipinski definition) is 1. The van der Waals surface area contributed by atoms with Crippen LogP contribution in [0.3, 0.4) is 0 Å². The average molecular weight is 239 g/mol. The summed E-state index contributed by atoms with van der Waals surface area (Å²) in [5.41, 5.74) is 2.39. The Morgan fingerprint density at radius 2 is 2.31 bits per heavy atom. The predicted octanol–water partition coefficient (Wildman–Crippen LogP) is 3.48. The van der Waals surface area contributed by atoms with E-state index in [1.54, 1.807) is 0 Å². The van der Waals surface area contributed by atoms with Crippen LogP contribution in [-0.2, 0) is 11.2 Å². The second-order valence-corrected chi connectivity index (χ2v) is 5.12. The van der Waals surface area contributed by atoms with E-state index in [4.69, 9.17) is 16.7 Å². The molecule has 0 bridgehead atoms. The molecule has 1 aliphatic carbocycles. The van der Waals surface area contributed by atoms with Crippen LogP contribution in [0.25, 0.3) is 0 Å². The van der Waals surface area contributed by atoms with Crippen LogP contribution in [-0.4, -0.2) is 11.1 Å². The molecule has 0 aromatic heterocycles. The van der Waals surface area contributed by atoms with Gasteiger partial charge in [-0.25, -0.2) is 0 Å². The highest BCUT2D eigenvalue weighted by Gasteiger charge is 2.26. The molecular weight excluding hydrogens is 224 g/mol. The van der Waals surface area contributed by atoms with E-state index in [0.29, 0.717) is 5.92 Å². The molecule has 0 saturated heterocycles. The first-order valence-corrected chi connectivity index (χ1v) is 5.94. The molecule has 1 aliphatic rings. The van der Waals surface area contributed by atoms with Crippen molar-refractivity contribution in [1.29, 1.82) is 0 Å². The number of carboxylic acids is 1. The highest BCUT2D eigenvalue weighted by atomic mass is 35.5. The van der Waals surface area contributed by atoms with Crippen LogP contribution in [0.4, 0.5) is 0 Å². The number of carbonyl (C=O) groups is 1. The van der Waals surface area contributed by atoms with Crippen molar-refractivity contribution in [3.05, 3.63) is 34.3 Å². The summed E-state index contributed by atoms with van der Waals surface area (Å²) in [5.74, 6) is -0.0381. The van der Waals surface area contributed by atoms with E-state index in [1.807, 2.05) is 18.2 Å². The Kier molecular flexibility index (Phi) is 3.20. The fourth-order valence-electron chi connectivity index (χ4n) is 2.62. The fourth-order valence-corrected chi connectivity index (χ4v) is 2.82. The quantitative estimate of drug-likeness (QED) is 0.857. The Hall–Kier alpha value is -1.02. The molecule has 0 heterocycles. The molecule has 0 saturated carbocycles. The lowest BCUT2D eigenvalue weighted by Crippen LogP contribution is -2.19. The Morgan fingerprint density at radius 1 is 1.56 bits per heavy atom. The maximum atomic E-state index is 10.8. The molecule has 0 spiro atoms. The number of aliphatic carboxylic acids is 1. The van der Waals surface area contributed by atoms with Gasteiger partial charge in [-0.05, 0) is 47.9 Å². The number of halogens is 1. The lowest BCUT2D eigenvalue weighted by Gasteiger charge is -2.29. The summed E-state index contributed by atoms with van der Waals surface area (Å²) in [6.07, 6.45) is 2.19. The van der Waals surface area contributed by atoms with E-state index < -0.39 is 5.97 Å². The molecule has 2 atom stereocenters. The molecule has 1 aromatic rings. The number of rotatable bonds is 2. The Bertz CT molecular complexity index is 414. The lowest BCUT2D eigenvalue weighted by molar-refractivity contribution is -0.137. The van der Waals surface area contributed by atoms with Crippen LogP contribution >= 0.6 is 11.6 Å². The maximum absolute atomic E-state index is 10.8. The smallest absolute Gasteiger partial charge is 0.303 e. The maximum Gasteiger partial charge on any atom is 0.303 e. The topological polar surface area (TPSA) is 37.3 Å². The van der Waals surface area contributed by atoms with Gasteiger partial charge in [0.1, 0.15) is 0 Å². The van der Waals surface area contributed by atoms with Crippen molar-refractivity contribution < 1.29 is 9.90 Å². The van der Waals surface area contributed by atoms with Crippen LogP contribution in [0.2, 0.25) is 5.02 Å². The van der Waals surface area contributed by atoms with Crippen LogP contribution in [0, 0.1) is 5.92 Å². The molecule has 16 heavy (non-hydrogen) atoms. The molecular formula is C13H15ClO2. The van der Waals surface area contributed by atoms with Gasteiger partial charge >= 0.3 is 5.97 Å². The van der Waals surface area contributed by atoms with Crippen molar-refractivity contribution in [3.63, 3.8) is 0 Å². The van der Waals surface area contributed by atoms with Gasteiger partial charge in [0.2, 0.25) is 0 Å². The molecule has 1 aromatic carbocycles. The van der Waals surface area contributed by atoms with Crippen molar-refractivity contribution in [3.8, 4) is 0 Å². The third-order valence-corrected chi connectivity index (χ3v) is 3.46. The van der Waals surface area contributed by atoms with E-state index >= 15 is 0 Å². The molecule has 2 rings (SSSR count). The molecule has 2 nitrogen and oxygen atoms in total. The lowest BCUT2D eigenvalue weighted by atomic mass is 9.76. The molecule has 0 aliphatic heterocycles. The number of carboxylic acid groups (broad SMARTS) is 1. The minimum absolute atomic E-state index is 0.147. The van der Waals surface area contributed by atoms with Gasteiger partial charge in [0.15, 0.2) is 0 Å². The highest BCUT2D eigenvalue weighted by molar-refractivity contribution is 6.30. The number of hydrogen-bond acceptors (Lipinski definition) is 1. The first-order valence-electron chi connectivity index (χ1n) is 5.56. The molecule has 0 amide bonds. The van der Waals surface area contributed by atoms with E-state index in [0.717, 1.165) is 17.9 Å². The summed E-state index contributed by atoms with van der Waals surface area (Å²) < 4.78 is 0. The first kappa shape index (κ1) is 11.5. The standard InChI is InChI=1S/C13H15ClO2/c1-8-4-9-6-11(14)2-3-12(9)10(5-8)7-13(15)16/h2-3,6,8,10H,4-5,7H2,1H3,(H,15,16). The minimum atomic E-state index is -0.722. The van der Waals surface area contributed by atoms with Gasteiger partial charge < -0.3 is 5.11 Å². The molecule has 1 N–H and O–H groups in total. The van der Waals surface area contributed by atoms with E-state index in [1.165, 1.54) is 11.1 Å². The summed E-state index contributed by atoms with van der Waals surface area (Å²) in [4.78, 5) is 10.8. The zero-order chi connectivity index (χ0) is 11.7. The normalized spacial score (nSPS) is 23.9. The molecule has 3 heteroatoms. The highest BCUT2D eigenvalue weighted by Crippen LogP contribution is 2.37. The predicted molar refractivity (Wildman–Crippen MR) is 63.9 cm³/mol. The van der Waals surface area contributed by atoms with Crippen molar-refractivity contribution in [2.75, 3.05) is 0 Å². The monoisotopic (exact) mass is 238 g/mol. The van der Waals surface area contributed by atoms with Gasteiger partial charge in [-0.15, -0.1) is 0 Å². The summed E-state index contributed by atoms with van der Waals surface area (Å²) >= 11 is 5.96. The first-order chi connectivity index (χ1) is 7.56. The van der Waals surface area contributed by atoms with E-state index in [-0.39, 0.29) is 12.3 Å². The van der Waals surface area contributed by atoms with Gasteiger partial charge in [-0.1, -0.05) is 24.6 Å². The Morgan fingerprint density at radius 3 is 3.00 bits per heavy atom. The summed E-state index contributed by atoms with van der Waals surface area (Å²) in [7, 11) is 0. The minimum Gasteiger partial charge on any atom is -0.481 e. The summed E-state index contributed by atoms with van der Waals surface area (Å²) in [5, 5.41) is 9.64. The van der Waals surface area contributed by atoms with Crippen LogP contribution in [0.15, 0.2) is 18.2 Å². The third-order valence-electron chi connectivity index (χ3n) is 3.22. The molecule has 2 unspecified atom stereocenters. The third kappa shape index (κ3) is 2.38. The zero-order valence-electron chi connectivity index (χ0n) is 9.24. The van der Waals surface area contributed by atoms with Gasteiger partial charge in [0.05, 0.1) is 6.42 Å².